The SMILES string of the molecule is Cc1ccc(C(=O)N2CCC(c3ccccc3F)S(=O)(=O)CC2)cc1C. The molecule has 0 spiro atoms. The zero-order valence-electron chi connectivity index (χ0n) is 14.9. The molecule has 0 aliphatic carbocycles. The Labute approximate surface area is 153 Å². The Bertz CT molecular complexity index is 940. The summed E-state index contributed by atoms with van der Waals surface area (Å²) < 4.78 is 39.4. The van der Waals surface area contributed by atoms with Crippen LogP contribution in [0.5, 0.6) is 0 Å². The summed E-state index contributed by atoms with van der Waals surface area (Å²) >= 11 is 0. The Morgan fingerprint density at radius 3 is 2.50 bits per heavy atom. The van der Waals surface area contributed by atoms with Gasteiger partial charge in [0.1, 0.15) is 5.82 Å². The first-order chi connectivity index (χ1) is 12.3. The lowest BCUT2D eigenvalue weighted by Gasteiger charge is -2.20. The number of sulfone groups is 1. The molecule has 1 aliphatic heterocycles. The molecule has 1 aliphatic rings. The normalized spacial score (nSPS) is 19.8. The van der Waals surface area contributed by atoms with Crippen LogP contribution >= 0.6 is 0 Å². The van der Waals surface area contributed by atoms with Crippen molar-refractivity contribution in [3.05, 3.63) is 70.5 Å². The molecule has 0 radical (unpaired) electrons. The summed E-state index contributed by atoms with van der Waals surface area (Å²) in [6.07, 6.45) is 0.194. The quantitative estimate of drug-likeness (QED) is 0.808. The second-order valence-corrected chi connectivity index (χ2v) is 9.06. The molecule has 0 N–H and O–H groups in total. The predicted octanol–water partition coefficient (Wildman–Crippen LogP) is 3.44. The summed E-state index contributed by atoms with van der Waals surface area (Å²) in [5.74, 6) is -0.865. The number of hydrogen-bond acceptors (Lipinski definition) is 3. The van der Waals surface area contributed by atoms with Gasteiger partial charge in [0.15, 0.2) is 9.84 Å². The van der Waals surface area contributed by atoms with Gasteiger partial charge in [0, 0.05) is 24.2 Å². The van der Waals surface area contributed by atoms with E-state index in [0.29, 0.717) is 5.56 Å². The average Bonchev–Trinajstić information content (AvgIpc) is 2.75. The van der Waals surface area contributed by atoms with Crippen LogP contribution in [0.3, 0.4) is 0 Å². The third-order valence-electron chi connectivity index (χ3n) is 5.03. The fourth-order valence-corrected chi connectivity index (χ4v) is 5.09. The molecule has 0 bridgehead atoms. The highest BCUT2D eigenvalue weighted by Gasteiger charge is 2.34. The second kappa shape index (κ2) is 7.19. The van der Waals surface area contributed by atoms with Crippen molar-refractivity contribution in [2.45, 2.75) is 25.5 Å². The van der Waals surface area contributed by atoms with E-state index in [1.165, 1.54) is 18.2 Å². The number of nitrogens with zero attached hydrogens (tertiary/aromatic N) is 1. The van der Waals surface area contributed by atoms with Crippen molar-refractivity contribution < 1.29 is 17.6 Å². The summed E-state index contributed by atoms with van der Waals surface area (Å²) in [7, 11) is -3.53. The molecule has 1 atom stereocenters. The fraction of sp³-hybridized carbons (Fsp3) is 0.350. The van der Waals surface area contributed by atoms with E-state index in [0.717, 1.165) is 11.1 Å². The van der Waals surface area contributed by atoms with Gasteiger partial charge in [-0.25, -0.2) is 12.8 Å². The van der Waals surface area contributed by atoms with E-state index in [9.17, 15) is 17.6 Å². The maximum Gasteiger partial charge on any atom is 0.253 e. The van der Waals surface area contributed by atoms with E-state index in [1.807, 2.05) is 26.0 Å². The number of hydrogen-bond donors (Lipinski definition) is 0. The van der Waals surface area contributed by atoms with Gasteiger partial charge in [-0.15, -0.1) is 0 Å². The Morgan fingerprint density at radius 1 is 1.08 bits per heavy atom. The molecule has 3 rings (SSSR count). The number of amides is 1. The van der Waals surface area contributed by atoms with Crippen LogP contribution in [0, 0.1) is 19.7 Å². The summed E-state index contributed by atoms with van der Waals surface area (Å²) in [5.41, 5.74) is 2.85. The molecule has 0 saturated carbocycles. The molecule has 6 heteroatoms. The van der Waals surface area contributed by atoms with Crippen LogP contribution in [-0.2, 0) is 9.84 Å². The molecule has 4 nitrogen and oxygen atoms in total. The van der Waals surface area contributed by atoms with Gasteiger partial charge in [0.25, 0.3) is 5.91 Å². The molecule has 26 heavy (non-hydrogen) atoms. The molecule has 1 fully saturated rings. The highest BCUT2D eigenvalue weighted by atomic mass is 32.2. The lowest BCUT2D eigenvalue weighted by molar-refractivity contribution is 0.0766. The highest BCUT2D eigenvalue weighted by Crippen LogP contribution is 2.31. The van der Waals surface area contributed by atoms with Gasteiger partial charge < -0.3 is 4.90 Å². The fourth-order valence-electron chi connectivity index (χ4n) is 3.29. The first-order valence-corrected chi connectivity index (χ1v) is 10.3. The van der Waals surface area contributed by atoms with Crippen molar-refractivity contribution >= 4 is 15.7 Å². The largest absolute Gasteiger partial charge is 0.338 e. The zero-order valence-corrected chi connectivity index (χ0v) is 15.7. The smallest absolute Gasteiger partial charge is 0.253 e. The average molecular weight is 375 g/mol. The van der Waals surface area contributed by atoms with E-state index in [2.05, 4.69) is 0 Å². The maximum absolute atomic E-state index is 14.1. The van der Waals surface area contributed by atoms with Gasteiger partial charge in [0.2, 0.25) is 0 Å². The second-order valence-electron chi connectivity index (χ2n) is 6.76. The van der Waals surface area contributed by atoms with Gasteiger partial charge in [-0.1, -0.05) is 24.3 Å². The molecule has 138 valence electrons. The van der Waals surface area contributed by atoms with Crippen LogP contribution in [0.1, 0.15) is 38.7 Å². The van der Waals surface area contributed by atoms with E-state index in [4.69, 9.17) is 0 Å². The van der Waals surface area contributed by atoms with E-state index < -0.39 is 20.9 Å². The minimum Gasteiger partial charge on any atom is -0.338 e. The zero-order chi connectivity index (χ0) is 18.9. The molecular formula is C20H22FNO3S. The van der Waals surface area contributed by atoms with Crippen molar-refractivity contribution in [1.82, 2.24) is 4.90 Å². The Hall–Kier alpha value is -2.21. The van der Waals surface area contributed by atoms with Crippen LogP contribution in [0.4, 0.5) is 4.39 Å². The van der Waals surface area contributed by atoms with Crippen molar-refractivity contribution in [3.8, 4) is 0 Å². The number of benzene rings is 2. The van der Waals surface area contributed by atoms with Crippen LogP contribution in [-0.4, -0.2) is 38.1 Å². The Morgan fingerprint density at radius 2 is 1.81 bits per heavy atom. The third kappa shape index (κ3) is 3.65. The number of carbonyl (C=O) groups is 1. The highest BCUT2D eigenvalue weighted by molar-refractivity contribution is 7.91. The van der Waals surface area contributed by atoms with E-state index >= 15 is 0 Å². The predicted molar refractivity (Wildman–Crippen MR) is 99.4 cm³/mol. The van der Waals surface area contributed by atoms with Gasteiger partial charge in [0.05, 0.1) is 11.0 Å². The van der Waals surface area contributed by atoms with Gasteiger partial charge in [-0.3, -0.25) is 4.79 Å². The maximum atomic E-state index is 14.1. The number of carbonyl (C=O) groups excluding carboxylic acids is 1. The first kappa shape index (κ1) is 18.6. The van der Waals surface area contributed by atoms with Crippen molar-refractivity contribution in [2.75, 3.05) is 18.8 Å². The summed E-state index contributed by atoms with van der Waals surface area (Å²) in [4.78, 5) is 14.4. The summed E-state index contributed by atoms with van der Waals surface area (Å²) in [5, 5.41) is -0.916. The van der Waals surface area contributed by atoms with E-state index in [1.54, 1.807) is 17.0 Å². The van der Waals surface area contributed by atoms with Crippen LogP contribution in [0.25, 0.3) is 0 Å². The summed E-state index contributed by atoms with van der Waals surface area (Å²) in [6.45, 7) is 4.32. The number of aryl methyl sites for hydroxylation is 2. The minimum atomic E-state index is -3.53. The van der Waals surface area contributed by atoms with Gasteiger partial charge in [-0.05, 0) is 49.6 Å². The first-order valence-electron chi connectivity index (χ1n) is 8.62. The molecular weight excluding hydrogens is 353 g/mol. The van der Waals surface area contributed by atoms with Crippen LogP contribution in [0.15, 0.2) is 42.5 Å². The van der Waals surface area contributed by atoms with Crippen molar-refractivity contribution in [2.24, 2.45) is 0 Å². The monoisotopic (exact) mass is 375 g/mol. The third-order valence-corrected chi connectivity index (χ3v) is 7.14. The molecule has 0 aromatic heterocycles. The number of rotatable bonds is 2. The van der Waals surface area contributed by atoms with E-state index in [-0.39, 0.29) is 36.7 Å². The molecule has 1 unspecified atom stereocenters. The standard InChI is InChI=1S/C20H22FNO3S/c1-14-7-8-16(13-15(14)2)20(23)22-10-9-19(26(24,25)12-11-22)17-5-3-4-6-18(17)21/h3-8,13,19H,9-12H2,1-2H3. The van der Waals surface area contributed by atoms with Crippen LogP contribution < -0.4 is 0 Å². The van der Waals surface area contributed by atoms with Gasteiger partial charge in [-0.2, -0.15) is 0 Å². The lowest BCUT2D eigenvalue weighted by Crippen LogP contribution is -2.33. The molecule has 2 aromatic rings. The summed E-state index contributed by atoms with van der Waals surface area (Å²) in [6, 6.07) is 11.4. The lowest BCUT2D eigenvalue weighted by atomic mass is 10.0. The van der Waals surface area contributed by atoms with Gasteiger partial charge >= 0.3 is 0 Å². The molecule has 1 saturated heterocycles. The Kier molecular flexibility index (Phi) is 5.14. The van der Waals surface area contributed by atoms with Crippen molar-refractivity contribution in [1.29, 1.82) is 0 Å². The van der Waals surface area contributed by atoms with Crippen LogP contribution in [0.2, 0.25) is 0 Å². The van der Waals surface area contributed by atoms with Crippen molar-refractivity contribution in [3.63, 3.8) is 0 Å². The minimum absolute atomic E-state index is 0.124. The molecule has 1 amide bonds. The Balaban J connectivity index is 1.85. The topological polar surface area (TPSA) is 54.5 Å². The molecule has 1 heterocycles. The molecule has 2 aromatic carbocycles. The number of halogens is 1.